The molecule has 1 N–H and O–H groups in total. The van der Waals surface area contributed by atoms with Crippen molar-refractivity contribution in [1.29, 1.82) is 0 Å². The molecule has 0 saturated heterocycles. The minimum Gasteiger partial charge on any atom is -0.395 e. The van der Waals surface area contributed by atoms with Crippen LogP contribution in [0.25, 0.3) is 0 Å². The molecule has 0 spiro atoms. The molecule has 1 atom stereocenters. The van der Waals surface area contributed by atoms with Gasteiger partial charge in [-0.25, -0.2) is 8.42 Å². The Balaban J connectivity index is 3.11. The van der Waals surface area contributed by atoms with E-state index in [-0.39, 0.29) is 11.5 Å². The lowest BCUT2D eigenvalue weighted by molar-refractivity contribution is 0.166. The van der Waals surface area contributed by atoms with Gasteiger partial charge in [0.05, 0.1) is 11.5 Å². The van der Waals surface area contributed by atoms with Crippen LogP contribution in [0.2, 0.25) is 5.02 Å². The molecule has 6 heteroatoms. The number of rotatable bonds is 10. The molecule has 1 aromatic carbocycles. The Morgan fingerprint density at radius 2 is 1.78 bits per heavy atom. The summed E-state index contributed by atoms with van der Waals surface area (Å²) in [6, 6.07) is 5.81. The Morgan fingerprint density at radius 1 is 1.17 bits per heavy atom. The first-order valence-corrected chi connectivity index (χ1v) is 10.0. The summed E-state index contributed by atoms with van der Waals surface area (Å²) < 4.78 is 27.4. The number of aliphatic hydroxyl groups excluding tert-OH is 1. The summed E-state index contributed by atoms with van der Waals surface area (Å²) in [6.45, 7) is 6.40. The van der Waals surface area contributed by atoms with Crippen molar-refractivity contribution in [2.24, 2.45) is 5.92 Å². The molecule has 0 amide bonds. The fourth-order valence-corrected chi connectivity index (χ4v) is 4.38. The van der Waals surface area contributed by atoms with Gasteiger partial charge in [-0.1, -0.05) is 45.2 Å². The van der Waals surface area contributed by atoms with Crippen LogP contribution in [0.3, 0.4) is 0 Å². The highest BCUT2D eigenvalue weighted by atomic mass is 35.5. The molecule has 4 nitrogen and oxygen atoms in total. The minimum absolute atomic E-state index is 0.170. The summed E-state index contributed by atoms with van der Waals surface area (Å²) in [5, 5.41) is 10.2. The zero-order valence-corrected chi connectivity index (χ0v) is 15.8. The van der Waals surface area contributed by atoms with E-state index in [0.717, 1.165) is 19.3 Å². The SMILES string of the molecule is CCCCCN(C(CO)CC(C)C)S(=O)(=O)c1ccc(Cl)cc1. The third kappa shape index (κ3) is 6.07. The lowest BCUT2D eigenvalue weighted by Crippen LogP contribution is -2.43. The lowest BCUT2D eigenvalue weighted by atomic mass is 10.0. The zero-order valence-electron chi connectivity index (χ0n) is 14.2. The molecule has 0 aliphatic carbocycles. The van der Waals surface area contributed by atoms with Gasteiger partial charge < -0.3 is 5.11 Å². The normalized spacial score (nSPS) is 13.7. The van der Waals surface area contributed by atoms with Crippen LogP contribution >= 0.6 is 11.6 Å². The van der Waals surface area contributed by atoms with Gasteiger partial charge in [0.2, 0.25) is 10.0 Å². The summed E-state index contributed by atoms with van der Waals surface area (Å²) in [5.41, 5.74) is 0. The summed E-state index contributed by atoms with van der Waals surface area (Å²) in [7, 11) is -3.64. The highest BCUT2D eigenvalue weighted by Crippen LogP contribution is 2.24. The third-order valence-corrected chi connectivity index (χ3v) is 5.98. The fourth-order valence-electron chi connectivity index (χ4n) is 2.59. The van der Waals surface area contributed by atoms with Gasteiger partial charge in [0.1, 0.15) is 0 Å². The van der Waals surface area contributed by atoms with Crippen LogP contribution in [-0.4, -0.2) is 37.0 Å². The van der Waals surface area contributed by atoms with Crippen LogP contribution in [0, 0.1) is 5.92 Å². The Bertz CT molecular complexity index is 558. The van der Waals surface area contributed by atoms with Crippen molar-refractivity contribution < 1.29 is 13.5 Å². The Kier molecular flexibility index (Phi) is 8.54. The Morgan fingerprint density at radius 3 is 2.26 bits per heavy atom. The molecule has 0 aliphatic heterocycles. The van der Waals surface area contributed by atoms with Crippen LogP contribution in [-0.2, 0) is 10.0 Å². The molecular weight excluding hydrogens is 334 g/mol. The van der Waals surface area contributed by atoms with Crippen molar-refractivity contribution in [2.45, 2.75) is 57.4 Å². The maximum atomic E-state index is 13.0. The van der Waals surface area contributed by atoms with Crippen molar-refractivity contribution >= 4 is 21.6 Å². The van der Waals surface area contributed by atoms with Crippen LogP contribution in [0.15, 0.2) is 29.2 Å². The van der Waals surface area contributed by atoms with Gasteiger partial charge in [0.25, 0.3) is 0 Å². The van der Waals surface area contributed by atoms with Gasteiger partial charge in [-0.05, 0) is 43.0 Å². The van der Waals surface area contributed by atoms with Crippen molar-refractivity contribution in [3.63, 3.8) is 0 Å². The molecule has 1 rings (SSSR count). The number of unbranched alkanes of at least 4 members (excludes halogenated alkanes) is 2. The molecule has 23 heavy (non-hydrogen) atoms. The van der Waals surface area contributed by atoms with E-state index in [9.17, 15) is 13.5 Å². The van der Waals surface area contributed by atoms with Crippen LogP contribution in [0.1, 0.15) is 46.5 Å². The number of halogens is 1. The van der Waals surface area contributed by atoms with Crippen LogP contribution < -0.4 is 0 Å². The molecule has 1 unspecified atom stereocenters. The average molecular weight is 362 g/mol. The van der Waals surface area contributed by atoms with E-state index in [2.05, 4.69) is 6.92 Å². The second kappa shape index (κ2) is 9.62. The summed E-state index contributed by atoms with van der Waals surface area (Å²) >= 11 is 5.85. The lowest BCUT2D eigenvalue weighted by Gasteiger charge is -2.31. The van der Waals surface area contributed by atoms with E-state index < -0.39 is 16.1 Å². The quantitative estimate of drug-likeness (QED) is 0.642. The summed E-state index contributed by atoms with van der Waals surface area (Å²) in [4.78, 5) is 0.223. The molecule has 132 valence electrons. The molecule has 0 bridgehead atoms. The third-order valence-electron chi connectivity index (χ3n) is 3.76. The van der Waals surface area contributed by atoms with Crippen molar-refractivity contribution in [3.8, 4) is 0 Å². The Hall–Kier alpha value is -0.620. The number of benzene rings is 1. The van der Waals surface area contributed by atoms with E-state index in [0.29, 0.717) is 23.9 Å². The molecule has 0 heterocycles. The second-order valence-corrected chi connectivity index (χ2v) is 8.57. The van der Waals surface area contributed by atoms with Gasteiger partial charge in [-0.15, -0.1) is 0 Å². The molecular formula is C17H28ClNO3S. The molecule has 0 aliphatic rings. The van der Waals surface area contributed by atoms with Crippen molar-refractivity contribution in [3.05, 3.63) is 29.3 Å². The summed E-state index contributed by atoms with van der Waals surface area (Å²) in [5.74, 6) is 0.307. The smallest absolute Gasteiger partial charge is 0.243 e. The van der Waals surface area contributed by atoms with Crippen molar-refractivity contribution in [1.82, 2.24) is 4.31 Å². The largest absolute Gasteiger partial charge is 0.395 e. The Labute approximate surface area is 145 Å². The maximum absolute atomic E-state index is 13.0. The highest BCUT2D eigenvalue weighted by molar-refractivity contribution is 7.89. The molecule has 0 aromatic heterocycles. The van der Waals surface area contributed by atoms with Gasteiger partial charge in [-0.3, -0.25) is 0 Å². The number of hydrogen-bond acceptors (Lipinski definition) is 3. The van der Waals surface area contributed by atoms with E-state index in [4.69, 9.17) is 11.6 Å². The first-order valence-electron chi connectivity index (χ1n) is 8.21. The summed E-state index contributed by atoms with van der Waals surface area (Å²) in [6.07, 6.45) is 3.41. The highest BCUT2D eigenvalue weighted by Gasteiger charge is 2.31. The number of hydrogen-bond donors (Lipinski definition) is 1. The van der Waals surface area contributed by atoms with E-state index >= 15 is 0 Å². The fraction of sp³-hybridized carbons (Fsp3) is 0.647. The van der Waals surface area contributed by atoms with E-state index in [1.165, 1.54) is 16.4 Å². The predicted molar refractivity (Wildman–Crippen MR) is 95.2 cm³/mol. The number of nitrogens with zero attached hydrogens (tertiary/aromatic N) is 1. The monoisotopic (exact) mass is 361 g/mol. The number of aliphatic hydroxyl groups is 1. The topological polar surface area (TPSA) is 57.6 Å². The van der Waals surface area contributed by atoms with Crippen LogP contribution in [0.5, 0.6) is 0 Å². The zero-order chi connectivity index (χ0) is 17.5. The molecule has 0 saturated carbocycles. The average Bonchev–Trinajstić information content (AvgIpc) is 2.49. The molecule has 0 radical (unpaired) electrons. The molecule has 1 aromatic rings. The van der Waals surface area contributed by atoms with Crippen LogP contribution in [0.4, 0.5) is 0 Å². The minimum atomic E-state index is -3.64. The maximum Gasteiger partial charge on any atom is 0.243 e. The molecule has 0 fully saturated rings. The van der Waals surface area contributed by atoms with Crippen molar-refractivity contribution in [2.75, 3.05) is 13.2 Å². The van der Waals surface area contributed by atoms with E-state index in [1.54, 1.807) is 12.1 Å². The van der Waals surface area contributed by atoms with Gasteiger partial charge in [-0.2, -0.15) is 4.31 Å². The van der Waals surface area contributed by atoms with Gasteiger partial charge in [0, 0.05) is 17.6 Å². The standard InChI is InChI=1S/C17H28ClNO3S/c1-4-5-6-11-19(16(13-20)12-14(2)3)23(21,22)17-9-7-15(18)8-10-17/h7-10,14,16,20H,4-6,11-13H2,1-3H3. The number of sulfonamides is 1. The predicted octanol–water partition coefficient (Wildman–Crippen LogP) is 3.93. The van der Waals surface area contributed by atoms with E-state index in [1.807, 2.05) is 13.8 Å². The first-order chi connectivity index (χ1) is 10.8. The van der Waals surface area contributed by atoms with Gasteiger partial charge >= 0.3 is 0 Å². The second-order valence-electron chi connectivity index (χ2n) is 6.24. The first kappa shape index (κ1) is 20.4. The van der Waals surface area contributed by atoms with Gasteiger partial charge in [0.15, 0.2) is 0 Å².